The van der Waals surface area contributed by atoms with Crippen LogP contribution in [-0.2, 0) is 0 Å². The molecule has 0 heterocycles. The Morgan fingerprint density at radius 2 is 1.12 bits per heavy atom. The summed E-state index contributed by atoms with van der Waals surface area (Å²) in [5.74, 6) is 0. The van der Waals surface area contributed by atoms with Crippen LogP contribution >= 0.6 is 0 Å². The summed E-state index contributed by atoms with van der Waals surface area (Å²) in [5.41, 5.74) is 5.30. The second-order valence-electron chi connectivity index (χ2n) is 7.16. The van der Waals surface area contributed by atoms with Crippen LogP contribution in [0.4, 0.5) is 0 Å². The van der Waals surface area contributed by atoms with Crippen LogP contribution in [-0.4, -0.2) is 0 Å². The summed E-state index contributed by atoms with van der Waals surface area (Å²) in [6, 6.07) is 31.0. The fourth-order valence-corrected chi connectivity index (χ4v) is 4.21. The molecule has 0 atom stereocenters. The van der Waals surface area contributed by atoms with Gasteiger partial charge in [-0.3, -0.25) is 0 Å². The number of benzene rings is 5. The molecule has 0 aliphatic heterocycles. The van der Waals surface area contributed by atoms with E-state index in [1.165, 1.54) is 54.6 Å². The first-order chi connectivity index (χ1) is 12.7. The molecule has 0 nitrogen and oxygen atoms in total. The summed E-state index contributed by atoms with van der Waals surface area (Å²) in [4.78, 5) is 0. The topological polar surface area (TPSA) is 0 Å². The van der Waals surface area contributed by atoms with Crippen molar-refractivity contribution in [3.05, 3.63) is 96.1 Å². The standard InChI is InChI=1S/C26H20/c1-17-11-12-19-13-14-20(16-21(19)15-17)26-18(2)22-7-3-4-8-23(22)24-9-5-6-10-25(24)26/h3-16H,1-2H3. The van der Waals surface area contributed by atoms with Crippen molar-refractivity contribution in [1.29, 1.82) is 0 Å². The lowest BCUT2D eigenvalue weighted by atomic mass is 9.88. The number of aryl methyl sites for hydroxylation is 2. The van der Waals surface area contributed by atoms with E-state index in [0.29, 0.717) is 0 Å². The molecule has 0 amide bonds. The highest BCUT2D eigenvalue weighted by Gasteiger charge is 2.13. The Labute approximate surface area is 153 Å². The van der Waals surface area contributed by atoms with Crippen molar-refractivity contribution in [3.8, 4) is 11.1 Å². The number of hydrogen-bond acceptors (Lipinski definition) is 0. The Kier molecular flexibility index (Phi) is 3.33. The van der Waals surface area contributed by atoms with Crippen molar-refractivity contribution in [2.45, 2.75) is 13.8 Å². The summed E-state index contributed by atoms with van der Waals surface area (Å²) in [5, 5.41) is 7.93. The predicted octanol–water partition coefficient (Wildman–Crippen LogP) is 7.43. The van der Waals surface area contributed by atoms with Gasteiger partial charge >= 0.3 is 0 Å². The molecule has 0 saturated carbocycles. The van der Waals surface area contributed by atoms with Gasteiger partial charge in [0.15, 0.2) is 0 Å². The molecule has 0 radical (unpaired) electrons. The van der Waals surface area contributed by atoms with Gasteiger partial charge in [-0.2, -0.15) is 0 Å². The maximum absolute atomic E-state index is 2.34. The lowest BCUT2D eigenvalue weighted by Crippen LogP contribution is -1.90. The van der Waals surface area contributed by atoms with Crippen molar-refractivity contribution in [3.63, 3.8) is 0 Å². The quantitative estimate of drug-likeness (QED) is 0.280. The highest BCUT2D eigenvalue weighted by molar-refractivity contribution is 6.16. The lowest BCUT2D eigenvalue weighted by molar-refractivity contribution is 1.50. The Morgan fingerprint density at radius 1 is 0.500 bits per heavy atom. The summed E-state index contributed by atoms with van der Waals surface area (Å²) >= 11 is 0. The average molecular weight is 332 g/mol. The third-order valence-corrected chi connectivity index (χ3v) is 5.48. The number of rotatable bonds is 1. The summed E-state index contributed by atoms with van der Waals surface area (Å²) in [7, 11) is 0. The summed E-state index contributed by atoms with van der Waals surface area (Å²) in [6.07, 6.45) is 0. The molecular formula is C26H20. The average Bonchev–Trinajstić information content (AvgIpc) is 2.68. The van der Waals surface area contributed by atoms with E-state index < -0.39 is 0 Å². The van der Waals surface area contributed by atoms with Gasteiger partial charge in [-0.05, 0) is 68.9 Å². The molecule has 0 bridgehead atoms. The van der Waals surface area contributed by atoms with E-state index in [0.717, 1.165) is 0 Å². The van der Waals surface area contributed by atoms with Crippen LogP contribution in [0, 0.1) is 13.8 Å². The SMILES string of the molecule is Cc1ccc2ccc(-c3c(C)c4ccccc4c4ccccc34)cc2c1. The van der Waals surface area contributed by atoms with Crippen LogP contribution in [0.25, 0.3) is 43.4 Å². The van der Waals surface area contributed by atoms with Gasteiger partial charge < -0.3 is 0 Å². The normalized spacial score (nSPS) is 11.5. The van der Waals surface area contributed by atoms with E-state index in [4.69, 9.17) is 0 Å². The molecular weight excluding hydrogens is 312 g/mol. The van der Waals surface area contributed by atoms with E-state index in [9.17, 15) is 0 Å². The molecule has 5 rings (SSSR count). The molecule has 124 valence electrons. The molecule has 0 heteroatoms. The predicted molar refractivity (Wildman–Crippen MR) is 114 cm³/mol. The van der Waals surface area contributed by atoms with Crippen LogP contribution in [0.3, 0.4) is 0 Å². The first-order valence-corrected chi connectivity index (χ1v) is 9.13. The molecule has 5 aromatic rings. The zero-order chi connectivity index (χ0) is 17.7. The van der Waals surface area contributed by atoms with Gasteiger partial charge in [0.2, 0.25) is 0 Å². The van der Waals surface area contributed by atoms with Crippen molar-refractivity contribution in [2.24, 2.45) is 0 Å². The second-order valence-corrected chi connectivity index (χ2v) is 7.16. The van der Waals surface area contributed by atoms with Gasteiger partial charge in [0.05, 0.1) is 0 Å². The van der Waals surface area contributed by atoms with Crippen molar-refractivity contribution < 1.29 is 0 Å². The van der Waals surface area contributed by atoms with Gasteiger partial charge in [-0.15, -0.1) is 0 Å². The molecule has 0 saturated heterocycles. The minimum Gasteiger partial charge on any atom is -0.0616 e. The molecule has 0 aliphatic carbocycles. The lowest BCUT2D eigenvalue weighted by Gasteiger charge is -2.16. The highest BCUT2D eigenvalue weighted by atomic mass is 14.2. The minimum atomic E-state index is 1.29. The fraction of sp³-hybridized carbons (Fsp3) is 0.0769. The van der Waals surface area contributed by atoms with Crippen molar-refractivity contribution in [1.82, 2.24) is 0 Å². The fourth-order valence-electron chi connectivity index (χ4n) is 4.21. The van der Waals surface area contributed by atoms with Crippen molar-refractivity contribution in [2.75, 3.05) is 0 Å². The third kappa shape index (κ3) is 2.23. The molecule has 26 heavy (non-hydrogen) atoms. The van der Waals surface area contributed by atoms with Crippen LogP contribution in [0.2, 0.25) is 0 Å². The molecule has 0 aromatic heterocycles. The zero-order valence-electron chi connectivity index (χ0n) is 15.1. The van der Waals surface area contributed by atoms with Gasteiger partial charge in [-0.1, -0.05) is 84.4 Å². The maximum Gasteiger partial charge on any atom is -0.00695 e. The highest BCUT2D eigenvalue weighted by Crippen LogP contribution is 2.39. The monoisotopic (exact) mass is 332 g/mol. The van der Waals surface area contributed by atoms with Gasteiger partial charge in [-0.25, -0.2) is 0 Å². The Morgan fingerprint density at radius 3 is 1.88 bits per heavy atom. The summed E-state index contributed by atoms with van der Waals surface area (Å²) in [6.45, 7) is 4.41. The zero-order valence-corrected chi connectivity index (χ0v) is 15.1. The van der Waals surface area contributed by atoms with Gasteiger partial charge in [0.25, 0.3) is 0 Å². The second kappa shape index (κ2) is 5.71. The molecule has 0 spiro atoms. The molecule has 0 N–H and O–H groups in total. The van der Waals surface area contributed by atoms with Crippen molar-refractivity contribution >= 4 is 32.3 Å². The Hall–Kier alpha value is -3.12. The van der Waals surface area contributed by atoms with E-state index in [1.54, 1.807) is 0 Å². The first kappa shape index (κ1) is 15.2. The molecule has 5 aromatic carbocycles. The third-order valence-electron chi connectivity index (χ3n) is 5.48. The maximum atomic E-state index is 2.34. The Bertz CT molecular complexity index is 1290. The smallest absolute Gasteiger partial charge is 0.00695 e. The van der Waals surface area contributed by atoms with Crippen LogP contribution < -0.4 is 0 Å². The molecule has 0 unspecified atom stereocenters. The van der Waals surface area contributed by atoms with E-state index >= 15 is 0 Å². The molecule has 0 fully saturated rings. The Balaban J connectivity index is 1.92. The number of fused-ring (bicyclic) bond motifs is 4. The summed E-state index contributed by atoms with van der Waals surface area (Å²) < 4.78 is 0. The van der Waals surface area contributed by atoms with E-state index in [2.05, 4.69) is 98.8 Å². The van der Waals surface area contributed by atoms with Gasteiger partial charge in [0.1, 0.15) is 0 Å². The minimum absolute atomic E-state index is 1.29. The van der Waals surface area contributed by atoms with Gasteiger partial charge in [0, 0.05) is 0 Å². The van der Waals surface area contributed by atoms with E-state index in [1.807, 2.05) is 0 Å². The number of hydrogen-bond donors (Lipinski definition) is 0. The van der Waals surface area contributed by atoms with Crippen LogP contribution in [0.1, 0.15) is 11.1 Å². The van der Waals surface area contributed by atoms with E-state index in [-0.39, 0.29) is 0 Å². The molecule has 0 aliphatic rings. The first-order valence-electron chi connectivity index (χ1n) is 9.13. The largest absolute Gasteiger partial charge is 0.0616 e. The van der Waals surface area contributed by atoms with Crippen LogP contribution in [0.5, 0.6) is 0 Å². The van der Waals surface area contributed by atoms with Crippen LogP contribution in [0.15, 0.2) is 84.9 Å².